The van der Waals surface area contributed by atoms with Crippen molar-refractivity contribution in [3.8, 4) is 0 Å². The first-order valence-corrected chi connectivity index (χ1v) is 7.47. The van der Waals surface area contributed by atoms with Crippen molar-refractivity contribution in [2.75, 3.05) is 31.1 Å². The first-order valence-electron chi connectivity index (χ1n) is 7.47. The lowest BCUT2D eigenvalue weighted by Gasteiger charge is -2.22. The Morgan fingerprint density at radius 1 is 1.35 bits per heavy atom. The number of rotatable bonds is 4. The van der Waals surface area contributed by atoms with Crippen LogP contribution in [0.4, 0.5) is 5.82 Å². The lowest BCUT2D eigenvalue weighted by atomic mass is 10.2. The van der Waals surface area contributed by atoms with Crippen LogP contribution in [0.2, 0.25) is 0 Å². The van der Waals surface area contributed by atoms with Gasteiger partial charge in [0.15, 0.2) is 0 Å². The molecular formula is C15H24N4O. The summed E-state index contributed by atoms with van der Waals surface area (Å²) in [5, 5.41) is 0. The molecule has 1 fully saturated rings. The Hall–Kier alpha value is -1.65. The molecule has 0 radical (unpaired) electrons. The zero-order valence-electron chi connectivity index (χ0n) is 12.7. The first kappa shape index (κ1) is 14.8. The highest BCUT2D eigenvalue weighted by atomic mass is 16.2. The minimum Gasteiger partial charge on any atom is -0.347 e. The van der Waals surface area contributed by atoms with Gasteiger partial charge < -0.3 is 9.80 Å². The molecule has 0 aliphatic carbocycles. The van der Waals surface area contributed by atoms with E-state index in [1.165, 1.54) is 0 Å². The summed E-state index contributed by atoms with van der Waals surface area (Å²) < 4.78 is 0. The van der Waals surface area contributed by atoms with Crippen LogP contribution in [0, 0.1) is 0 Å². The molecule has 0 spiro atoms. The van der Waals surface area contributed by atoms with Crippen LogP contribution < -0.4 is 4.90 Å². The van der Waals surface area contributed by atoms with E-state index >= 15 is 0 Å². The zero-order valence-corrected chi connectivity index (χ0v) is 12.7. The van der Waals surface area contributed by atoms with Crippen LogP contribution in [0.5, 0.6) is 0 Å². The third-order valence-electron chi connectivity index (χ3n) is 3.53. The molecule has 0 unspecified atom stereocenters. The maximum atomic E-state index is 12.2. The summed E-state index contributed by atoms with van der Waals surface area (Å²) >= 11 is 0. The quantitative estimate of drug-likeness (QED) is 0.844. The third kappa shape index (κ3) is 3.46. The molecule has 0 atom stereocenters. The van der Waals surface area contributed by atoms with Gasteiger partial charge in [0.05, 0.1) is 6.54 Å². The van der Waals surface area contributed by atoms with Crippen molar-refractivity contribution in [2.24, 2.45) is 0 Å². The van der Waals surface area contributed by atoms with Crippen molar-refractivity contribution in [2.45, 2.75) is 39.5 Å². The predicted molar refractivity (Wildman–Crippen MR) is 79.8 cm³/mol. The minimum absolute atomic E-state index is 0.203. The van der Waals surface area contributed by atoms with E-state index in [1.54, 1.807) is 6.20 Å². The highest BCUT2D eigenvalue weighted by Gasteiger charge is 2.22. The van der Waals surface area contributed by atoms with Gasteiger partial charge in [0.2, 0.25) is 5.91 Å². The van der Waals surface area contributed by atoms with Gasteiger partial charge >= 0.3 is 0 Å². The Bertz CT molecular complexity index is 461. The number of hydrogen-bond donors (Lipinski definition) is 0. The summed E-state index contributed by atoms with van der Waals surface area (Å²) in [5.41, 5.74) is 0. The fourth-order valence-electron chi connectivity index (χ4n) is 2.44. The van der Waals surface area contributed by atoms with Crippen molar-refractivity contribution in [3.63, 3.8) is 0 Å². The molecule has 1 aliphatic rings. The number of nitrogens with zero attached hydrogens (tertiary/aromatic N) is 4. The molecule has 110 valence electrons. The molecular weight excluding hydrogens is 252 g/mol. The van der Waals surface area contributed by atoms with Gasteiger partial charge in [-0.3, -0.25) is 4.79 Å². The number of anilines is 1. The van der Waals surface area contributed by atoms with Crippen molar-refractivity contribution >= 4 is 11.7 Å². The van der Waals surface area contributed by atoms with Gasteiger partial charge in [0, 0.05) is 31.7 Å². The topological polar surface area (TPSA) is 49.3 Å². The SMILES string of the molecule is CCCN1CCCN(c2ccnc(C(C)C)n2)CC1=O. The van der Waals surface area contributed by atoms with Gasteiger partial charge in [0.25, 0.3) is 0 Å². The lowest BCUT2D eigenvalue weighted by molar-refractivity contribution is -0.129. The summed E-state index contributed by atoms with van der Waals surface area (Å²) in [5.74, 6) is 2.21. The average Bonchev–Trinajstić information content (AvgIpc) is 2.62. The fraction of sp³-hybridized carbons (Fsp3) is 0.667. The summed E-state index contributed by atoms with van der Waals surface area (Å²) in [7, 11) is 0. The van der Waals surface area contributed by atoms with Crippen LogP contribution in [0.3, 0.4) is 0 Å². The maximum absolute atomic E-state index is 12.2. The van der Waals surface area contributed by atoms with Crippen LogP contribution in [0.1, 0.15) is 45.4 Å². The van der Waals surface area contributed by atoms with Gasteiger partial charge in [-0.25, -0.2) is 9.97 Å². The van der Waals surface area contributed by atoms with Crippen LogP contribution >= 0.6 is 0 Å². The van der Waals surface area contributed by atoms with Gasteiger partial charge in [0.1, 0.15) is 11.6 Å². The molecule has 0 N–H and O–H groups in total. The van der Waals surface area contributed by atoms with Gasteiger partial charge in [-0.2, -0.15) is 0 Å². The average molecular weight is 276 g/mol. The molecule has 5 heteroatoms. The Kier molecular flexibility index (Phi) is 4.93. The maximum Gasteiger partial charge on any atom is 0.242 e. The van der Waals surface area contributed by atoms with Crippen molar-refractivity contribution in [3.05, 3.63) is 18.1 Å². The van der Waals surface area contributed by atoms with Crippen LogP contribution in [-0.2, 0) is 4.79 Å². The Morgan fingerprint density at radius 2 is 2.15 bits per heavy atom. The minimum atomic E-state index is 0.203. The fourth-order valence-corrected chi connectivity index (χ4v) is 2.44. The first-order chi connectivity index (χ1) is 9.61. The van der Waals surface area contributed by atoms with E-state index in [0.717, 1.165) is 44.1 Å². The Morgan fingerprint density at radius 3 is 2.85 bits per heavy atom. The van der Waals surface area contributed by atoms with Crippen molar-refractivity contribution < 1.29 is 4.79 Å². The van der Waals surface area contributed by atoms with Crippen LogP contribution in [0.15, 0.2) is 12.3 Å². The molecule has 1 saturated heterocycles. The number of hydrogen-bond acceptors (Lipinski definition) is 4. The molecule has 0 aromatic carbocycles. The smallest absolute Gasteiger partial charge is 0.242 e. The Labute approximate surface area is 121 Å². The van der Waals surface area contributed by atoms with Crippen molar-refractivity contribution in [1.82, 2.24) is 14.9 Å². The predicted octanol–water partition coefficient (Wildman–Crippen LogP) is 2.05. The van der Waals surface area contributed by atoms with Gasteiger partial charge in [-0.15, -0.1) is 0 Å². The second kappa shape index (κ2) is 6.68. The summed E-state index contributed by atoms with van der Waals surface area (Å²) in [6, 6.07) is 1.90. The molecule has 1 amide bonds. The van der Waals surface area contributed by atoms with Crippen molar-refractivity contribution in [1.29, 1.82) is 0 Å². The monoisotopic (exact) mass is 276 g/mol. The summed E-state index contributed by atoms with van der Waals surface area (Å²) in [6.07, 6.45) is 3.79. The number of amides is 1. The zero-order chi connectivity index (χ0) is 14.5. The molecule has 1 aromatic rings. The molecule has 20 heavy (non-hydrogen) atoms. The largest absolute Gasteiger partial charge is 0.347 e. The molecule has 0 saturated carbocycles. The molecule has 1 aromatic heterocycles. The second-order valence-corrected chi connectivity index (χ2v) is 5.58. The molecule has 2 heterocycles. The lowest BCUT2D eigenvalue weighted by Crippen LogP contribution is -2.37. The normalized spacial score (nSPS) is 16.7. The van der Waals surface area contributed by atoms with Gasteiger partial charge in [-0.05, 0) is 18.9 Å². The van der Waals surface area contributed by atoms with Crippen LogP contribution in [-0.4, -0.2) is 47.0 Å². The van der Waals surface area contributed by atoms with E-state index in [0.29, 0.717) is 12.5 Å². The molecule has 2 rings (SSSR count). The van der Waals surface area contributed by atoms with E-state index in [9.17, 15) is 4.79 Å². The Balaban J connectivity index is 2.13. The molecule has 0 bridgehead atoms. The van der Waals surface area contributed by atoms with E-state index in [4.69, 9.17) is 0 Å². The number of carbonyl (C=O) groups excluding carboxylic acids is 1. The standard InChI is InChI=1S/C15H24N4O/c1-4-8-18-9-5-10-19(11-14(18)20)13-6-7-16-15(17-13)12(2)3/h6-7,12H,4-5,8-11H2,1-3H3. The summed E-state index contributed by atoms with van der Waals surface area (Å²) in [6.45, 7) is 9.27. The summed E-state index contributed by atoms with van der Waals surface area (Å²) in [4.78, 5) is 25.2. The van der Waals surface area contributed by atoms with E-state index in [2.05, 4.69) is 35.6 Å². The van der Waals surface area contributed by atoms with Gasteiger partial charge in [-0.1, -0.05) is 20.8 Å². The van der Waals surface area contributed by atoms with Crippen LogP contribution in [0.25, 0.3) is 0 Å². The third-order valence-corrected chi connectivity index (χ3v) is 3.53. The van der Waals surface area contributed by atoms with E-state index < -0.39 is 0 Å². The second-order valence-electron chi connectivity index (χ2n) is 5.58. The molecule has 1 aliphatic heterocycles. The molecule has 5 nitrogen and oxygen atoms in total. The number of aromatic nitrogens is 2. The number of carbonyl (C=O) groups is 1. The van der Waals surface area contributed by atoms with E-state index in [1.807, 2.05) is 11.0 Å². The highest BCUT2D eigenvalue weighted by Crippen LogP contribution is 2.17. The highest BCUT2D eigenvalue weighted by molar-refractivity contribution is 5.81. The van der Waals surface area contributed by atoms with E-state index in [-0.39, 0.29) is 5.91 Å².